The largest absolute Gasteiger partial charge is 0.329 e. The zero-order valence-electron chi connectivity index (χ0n) is 19.5. The van der Waals surface area contributed by atoms with E-state index in [4.69, 9.17) is 5.73 Å². The van der Waals surface area contributed by atoms with Crippen LogP contribution in [0.4, 0.5) is 0 Å². The van der Waals surface area contributed by atoms with Crippen LogP contribution in [0.3, 0.4) is 0 Å². The maximum absolute atomic E-state index is 5.42. The summed E-state index contributed by atoms with van der Waals surface area (Å²) in [5.74, 6) is 0. The Morgan fingerprint density at radius 1 is 0.333 bits per heavy atom. The molecule has 30 heavy (non-hydrogen) atoms. The summed E-state index contributed by atoms with van der Waals surface area (Å²) in [5.41, 5.74) is 5.42. The normalized spacial score (nSPS) is 11.4. The summed E-state index contributed by atoms with van der Waals surface area (Å²) >= 11 is 0. The molecule has 0 saturated carbocycles. The van der Waals surface area contributed by atoms with E-state index in [0.717, 1.165) is 118 Å². The molecule has 0 aliphatic heterocycles. The Morgan fingerprint density at radius 3 is 0.733 bits per heavy atom. The zero-order valence-corrected chi connectivity index (χ0v) is 19.5. The summed E-state index contributed by atoms with van der Waals surface area (Å²) in [6.45, 7) is 21.0. The van der Waals surface area contributed by atoms with Crippen molar-refractivity contribution in [3.05, 3.63) is 0 Å². The molecule has 0 aromatic heterocycles. The van der Waals surface area contributed by atoms with Crippen molar-refractivity contribution >= 4 is 0 Å². The number of nitrogens with two attached hydrogens (primary N) is 1. The lowest BCUT2D eigenvalue weighted by Crippen LogP contribution is -2.38. The first-order valence-electron chi connectivity index (χ1n) is 12.0. The number of rotatable bonds is 27. The molecular formula is C20H52N10. The van der Waals surface area contributed by atoms with Crippen molar-refractivity contribution in [2.75, 3.05) is 124 Å². The average molecular weight is 433 g/mol. The molecule has 0 heterocycles. The van der Waals surface area contributed by atoms with Gasteiger partial charge in [-0.15, -0.1) is 0 Å². The van der Waals surface area contributed by atoms with Crippen LogP contribution < -0.4 is 53.6 Å². The van der Waals surface area contributed by atoms with Gasteiger partial charge in [0, 0.05) is 118 Å². The predicted octanol–water partition coefficient (Wildman–Crippen LogP) is -3.73. The molecule has 0 aromatic carbocycles. The van der Waals surface area contributed by atoms with E-state index in [1.54, 1.807) is 0 Å². The minimum absolute atomic E-state index is 0.703. The van der Waals surface area contributed by atoms with E-state index in [9.17, 15) is 0 Å². The summed E-state index contributed by atoms with van der Waals surface area (Å²) in [5, 5.41) is 30.6. The molecule has 0 spiro atoms. The molecule has 11 N–H and O–H groups in total. The Kier molecular flexibility index (Phi) is 28.2. The SMILES string of the molecule is CCNCCNCCNCCNCCNCCNCCNCCNCCNCCN. The first-order valence-corrected chi connectivity index (χ1v) is 12.0. The standard InChI is InChI=1S/C20H52N10/c1-2-22-5-6-24-9-10-26-13-14-28-17-18-30-20-19-29-16-15-27-12-11-25-8-7-23-4-3-21/h22-30H,2-21H2,1H3. The fourth-order valence-corrected chi connectivity index (χ4v) is 2.69. The van der Waals surface area contributed by atoms with Gasteiger partial charge in [-0.25, -0.2) is 0 Å². The van der Waals surface area contributed by atoms with Crippen molar-refractivity contribution in [2.45, 2.75) is 6.92 Å². The second kappa shape index (κ2) is 28.6. The monoisotopic (exact) mass is 432 g/mol. The van der Waals surface area contributed by atoms with E-state index in [-0.39, 0.29) is 0 Å². The van der Waals surface area contributed by atoms with Gasteiger partial charge in [-0.2, -0.15) is 0 Å². The van der Waals surface area contributed by atoms with Crippen molar-refractivity contribution in [1.82, 2.24) is 47.9 Å². The molecule has 0 atom stereocenters. The Morgan fingerprint density at radius 2 is 0.533 bits per heavy atom. The molecule has 0 aromatic rings. The van der Waals surface area contributed by atoms with Crippen LogP contribution in [-0.4, -0.2) is 124 Å². The van der Waals surface area contributed by atoms with Gasteiger partial charge in [-0.3, -0.25) is 0 Å². The van der Waals surface area contributed by atoms with E-state index < -0.39 is 0 Å². The number of likely N-dealkylation sites (N-methyl/N-ethyl adjacent to an activating group) is 1. The van der Waals surface area contributed by atoms with Crippen molar-refractivity contribution in [1.29, 1.82) is 0 Å². The van der Waals surface area contributed by atoms with Crippen LogP contribution in [0.15, 0.2) is 0 Å². The summed E-state index contributed by atoms with van der Waals surface area (Å²) in [6, 6.07) is 0. The zero-order chi connectivity index (χ0) is 21.8. The molecule has 0 aliphatic carbocycles. The van der Waals surface area contributed by atoms with Crippen molar-refractivity contribution < 1.29 is 0 Å². The Bertz CT molecular complexity index is 269. The molecular weight excluding hydrogens is 380 g/mol. The van der Waals surface area contributed by atoms with Crippen LogP contribution in [0.5, 0.6) is 0 Å². The van der Waals surface area contributed by atoms with Crippen LogP contribution in [0.25, 0.3) is 0 Å². The van der Waals surface area contributed by atoms with Gasteiger partial charge < -0.3 is 53.6 Å². The van der Waals surface area contributed by atoms with E-state index in [1.807, 2.05) is 0 Å². The molecule has 10 heteroatoms. The van der Waals surface area contributed by atoms with Crippen molar-refractivity contribution in [3.8, 4) is 0 Å². The molecule has 0 bridgehead atoms. The second-order valence-electron chi connectivity index (χ2n) is 7.14. The molecule has 0 saturated heterocycles. The second-order valence-corrected chi connectivity index (χ2v) is 7.14. The Labute approximate surface area is 185 Å². The summed E-state index contributed by atoms with van der Waals surface area (Å²) in [6.07, 6.45) is 0. The van der Waals surface area contributed by atoms with Gasteiger partial charge in [0.15, 0.2) is 0 Å². The van der Waals surface area contributed by atoms with E-state index in [2.05, 4.69) is 54.8 Å². The van der Waals surface area contributed by atoms with Crippen molar-refractivity contribution in [2.24, 2.45) is 5.73 Å². The highest BCUT2D eigenvalue weighted by Gasteiger charge is 1.92. The van der Waals surface area contributed by atoms with Gasteiger partial charge in [-0.1, -0.05) is 6.92 Å². The Hall–Kier alpha value is -0.400. The minimum atomic E-state index is 0.703. The highest BCUT2D eigenvalue weighted by molar-refractivity contribution is 4.60. The van der Waals surface area contributed by atoms with Crippen LogP contribution in [0.1, 0.15) is 6.92 Å². The number of hydrogen-bond donors (Lipinski definition) is 10. The van der Waals surface area contributed by atoms with Crippen LogP contribution in [-0.2, 0) is 0 Å². The fraction of sp³-hybridized carbons (Fsp3) is 1.00. The topological polar surface area (TPSA) is 134 Å². The highest BCUT2D eigenvalue weighted by atomic mass is 15.0. The lowest BCUT2D eigenvalue weighted by molar-refractivity contribution is 0.544. The summed E-state index contributed by atoms with van der Waals surface area (Å²) in [7, 11) is 0. The van der Waals surface area contributed by atoms with Gasteiger partial charge in [0.1, 0.15) is 0 Å². The first-order chi connectivity index (χ1) is 14.9. The summed E-state index contributed by atoms with van der Waals surface area (Å²) in [4.78, 5) is 0. The fourth-order valence-electron chi connectivity index (χ4n) is 2.69. The van der Waals surface area contributed by atoms with E-state index >= 15 is 0 Å². The summed E-state index contributed by atoms with van der Waals surface area (Å²) < 4.78 is 0. The third kappa shape index (κ3) is 27.6. The lowest BCUT2D eigenvalue weighted by Gasteiger charge is -2.10. The van der Waals surface area contributed by atoms with Gasteiger partial charge in [0.05, 0.1) is 0 Å². The molecule has 0 radical (unpaired) electrons. The van der Waals surface area contributed by atoms with E-state index in [1.165, 1.54) is 0 Å². The van der Waals surface area contributed by atoms with Gasteiger partial charge in [0.25, 0.3) is 0 Å². The first kappa shape index (κ1) is 29.6. The predicted molar refractivity (Wildman–Crippen MR) is 131 cm³/mol. The molecule has 0 aliphatic rings. The van der Waals surface area contributed by atoms with Crippen molar-refractivity contribution in [3.63, 3.8) is 0 Å². The van der Waals surface area contributed by atoms with Gasteiger partial charge in [-0.05, 0) is 6.54 Å². The molecule has 0 unspecified atom stereocenters. The van der Waals surface area contributed by atoms with Crippen LogP contribution in [0, 0.1) is 0 Å². The third-order valence-electron chi connectivity index (χ3n) is 4.40. The van der Waals surface area contributed by atoms with Gasteiger partial charge in [0.2, 0.25) is 0 Å². The average Bonchev–Trinajstić information content (AvgIpc) is 2.76. The highest BCUT2D eigenvalue weighted by Crippen LogP contribution is 1.66. The van der Waals surface area contributed by atoms with Crippen LogP contribution in [0.2, 0.25) is 0 Å². The molecule has 0 amide bonds. The minimum Gasteiger partial charge on any atom is -0.329 e. The number of nitrogens with one attached hydrogen (secondary N) is 9. The third-order valence-corrected chi connectivity index (χ3v) is 4.40. The molecule has 0 rings (SSSR count). The maximum atomic E-state index is 5.42. The molecule has 182 valence electrons. The lowest BCUT2D eigenvalue weighted by atomic mass is 10.5. The smallest absolute Gasteiger partial charge is 0.00772 e. The maximum Gasteiger partial charge on any atom is 0.00772 e. The molecule has 10 nitrogen and oxygen atoms in total. The Balaban J connectivity index is 2.97. The van der Waals surface area contributed by atoms with E-state index in [0.29, 0.717) is 6.54 Å². The number of hydrogen-bond acceptors (Lipinski definition) is 10. The van der Waals surface area contributed by atoms with Crippen LogP contribution >= 0.6 is 0 Å². The quantitative estimate of drug-likeness (QED) is 0.0591. The molecule has 0 fully saturated rings. The van der Waals surface area contributed by atoms with Gasteiger partial charge >= 0.3 is 0 Å².